The van der Waals surface area contributed by atoms with Crippen LogP contribution in [0.1, 0.15) is 60.3 Å². The Bertz CT molecular complexity index is 883. The molecular formula is C26H36O8. The van der Waals surface area contributed by atoms with Gasteiger partial charge in [-0.15, -0.1) is 0 Å². The van der Waals surface area contributed by atoms with Crippen molar-refractivity contribution in [2.45, 2.75) is 84.9 Å². The molecule has 0 spiro atoms. The van der Waals surface area contributed by atoms with Crippen LogP contribution in [0.3, 0.4) is 0 Å². The first kappa shape index (κ1) is 27.4. The number of fused-ring (bicyclic) bond motifs is 1. The maximum atomic E-state index is 12.0. The maximum absolute atomic E-state index is 12.0. The molecule has 188 valence electrons. The number of aliphatic hydroxyl groups is 1. The Labute approximate surface area is 201 Å². The van der Waals surface area contributed by atoms with Gasteiger partial charge < -0.3 is 24.1 Å². The van der Waals surface area contributed by atoms with Crippen LogP contribution in [-0.2, 0) is 33.3 Å². The Morgan fingerprint density at radius 2 is 1.79 bits per heavy atom. The molecule has 1 N–H and O–H groups in total. The van der Waals surface area contributed by atoms with Gasteiger partial charge in [-0.2, -0.15) is 0 Å². The molecule has 0 amide bonds. The number of carbonyl (C=O) groups is 3. The highest BCUT2D eigenvalue weighted by Crippen LogP contribution is 2.44. The summed E-state index contributed by atoms with van der Waals surface area (Å²) in [5, 5.41) is 10.8. The van der Waals surface area contributed by atoms with Crippen molar-refractivity contribution < 1.29 is 38.4 Å². The number of ether oxygens (including phenoxy) is 4. The van der Waals surface area contributed by atoms with E-state index in [4.69, 9.17) is 18.9 Å². The smallest absolute Gasteiger partial charge is 0.305 e. The fourth-order valence-electron chi connectivity index (χ4n) is 4.44. The van der Waals surface area contributed by atoms with Crippen LogP contribution in [-0.4, -0.2) is 47.6 Å². The first-order valence-corrected chi connectivity index (χ1v) is 11.5. The van der Waals surface area contributed by atoms with Crippen molar-refractivity contribution in [3.8, 4) is 0 Å². The minimum absolute atomic E-state index is 0.148. The van der Waals surface area contributed by atoms with Crippen molar-refractivity contribution in [1.29, 1.82) is 0 Å². The SMILES string of the molecule is C=C(C)C(CC(OC(C)=O)C1=CO[C@H](OC(C)=O)[C@H]2C(=C)[C@H](O)C/C=C(\C)CC[C@H]12)OC(C)=O. The third-order valence-electron chi connectivity index (χ3n) is 6.14. The number of esters is 3. The van der Waals surface area contributed by atoms with E-state index in [-0.39, 0.29) is 12.3 Å². The second-order valence-electron chi connectivity index (χ2n) is 9.06. The Kier molecular flexibility index (Phi) is 9.67. The fourth-order valence-corrected chi connectivity index (χ4v) is 4.44. The summed E-state index contributed by atoms with van der Waals surface area (Å²) in [5.41, 5.74) is 2.83. The summed E-state index contributed by atoms with van der Waals surface area (Å²) < 4.78 is 22.3. The van der Waals surface area contributed by atoms with Gasteiger partial charge in [0.2, 0.25) is 6.29 Å². The van der Waals surface area contributed by atoms with Crippen molar-refractivity contribution in [2.75, 3.05) is 0 Å². The fraction of sp³-hybridized carbons (Fsp3) is 0.577. The zero-order valence-electron chi connectivity index (χ0n) is 20.7. The molecule has 0 fully saturated rings. The van der Waals surface area contributed by atoms with E-state index in [0.717, 1.165) is 5.57 Å². The van der Waals surface area contributed by atoms with Crippen molar-refractivity contribution >= 4 is 17.9 Å². The highest BCUT2D eigenvalue weighted by Gasteiger charge is 2.45. The molecule has 0 radical (unpaired) electrons. The van der Waals surface area contributed by atoms with Gasteiger partial charge in [0, 0.05) is 38.7 Å². The van der Waals surface area contributed by atoms with Crippen molar-refractivity contribution in [3.05, 3.63) is 47.8 Å². The Balaban J connectivity index is 2.53. The van der Waals surface area contributed by atoms with E-state index in [1.54, 1.807) is 6.92 Å². The first-order valence-electron chi connectivity index (χ1n) is 11.5. The molecule has 0 aromatic carbocycles. The first-order chi connectivity index (χ1) is 15.9. The molecule has 1 aliphatic carbocycles. The lowest BCUT2D eigenvalue weighted by Crippen LogP contribution is -2.43. The van der Waals surface area contributed by atoms with E-state index in [1.807, 2.05) is 13.0 Å². The highest BCUT2D eigenvalue weighted by atomic mass is 16.7. The summed E-state index contributed by atoms with van der Waals surface area (Å²) in [6.45, 7) is 15.6. The van der Waals surface area contributed by atoms with Crippen LogP contribution in [0.15, 0.2) is 47.8 Å². The average Bonchev–Trinajstić information content (AvgIpc) is 2.77. The molecular weight excluding hydrogens is 440 g/mol. The number of hydrogen-bond donors (Lipinski definition) is 1. The minimum atomic E-state index is -0.977. The molecule has 0 saturated heterocycles. The molecule has 6 atom stereocenters. The molecule has 0 saturated carbocycles. The summed E-state index contributed by atoms with van der Waals surface area (Å²) in [7, 11) is 0. The highest BCUT2D eigenvalue weighted by molar-refractivity contribution is 5.67. The number of aliphatic hydroxyl groups excluding tert-OH is 1. The summed E-state index contributed by atoms with van der Waals surface area (Å²) in [5.74, 6) is -2.38. The molecule has 34 heavy (non-hydrogen) atoms. The largest absolute Gasteiger partial charge is 0.462 e. The molecule has 1 heterocycles. The zero-order valence-corrected chi connectivity index (χ0v) is 20.7. The predicted octanol–water partition coefficient (Wildman–Crippen LogP) is 3.90. The molecule has 1 aliphatic heterocycles. The Morgan fingerprint density at radius 1 is 1.15 bits per heavy atom. The van der Waals surface area contributed by atoms with E-state index in [0.29, 0.717) is 36.0 Å². The molecule has 0 aromatic heterocycles. The number of allylic oxidation sites excluding steroid dienone is 1. The average molecular weight is 477 g/mol. The van der Waals surface area contributed by atoms with Crippen LogP contribution in [0.4, 0.5) is 0 Å². The van der Waals surface area contributed by atoms with Gasteiger partial charge in [-0.25, -0.2) is 0 Å². The lowest BCUT2D eigenvalue weighted by Gasteiger charge is -2.41. The molecule has 0 bridgehead atoms. The third kappa shape index (κ3) is 7.32. The summed E-state index contributed by atoms with van der Waals surface area (Å²) >= 11 is 0. The van der Waals surface area contributed by atoms with Crippen LogP contribution in [0.2, 0.25) is 0 Å². The number of hydrogen-bond acceptors (Lipinski definition) is 8. The van der Waals surface area contributed by atoms with Gasteiger partial charge in [0.25, 0.3) is 0 Å². The van der Waals surface area contributed by atoms with Crippen LogP contribution >= 0.6 is 0 Å². The summed E-state index contributed by atoms with van der Waals surface area (Å²) in [6, 6.07) is 0. The van der Waals surface area contributed by atoms with Crippen molar-refractivity contribution in [1.82, 2.24) is 0 Å². The van der Waals surface area contributed by atoms with Crippen molar-refractivity contribution in [3.63, 3.8) is 0 Å². The minimum Gasteiger partial charge on any atom is -0.462 e. The molecule has 0 aromatic rings. The second-order valence-corrected chi connectivity index (χ2v) is 9.06. The van der Waals surface area contributed by atoms with Crippen LogP contribution in [0.5, 0.6) is 0 Å². The zero-order chi connectivity index (χ0) is 25.6. The summed E-state index contributed by atoms with van der Waals surface area (Å²) in [6.07, 6.45) is 1.99. The van der Waals surface area contributed by atoms with Crippen LogP contribution in [0, 0.1) is 11.8 Å². The Morgan fingerprint density at radius 3 is 2.35 bits per heavy atom. The maximum Gasteiger partial charge on any atom is 0.305 e. The van der Waals surface area contributed by atoms with E-state index < -0.39 is 48.4 Å². The Hall–Kier alpha value is -2.87. The van der Waals surface area contributed by atoms with Gasteiger partial charge in [-0.3, -0.25) is 14.4 Å². The molecule has 8 heteroatoms. The number of carbonyl (C=O) groups excluding carboxylic acids is 3. The van der Waals surface area contributed by atoms with E-state index in [2.05, 4.69) is 13.2 Å². The lowest BCUT2D eigenvalue weighted by molar-refractivity contribution is -0.182. The van der Waals surface area contributed by atoms with E-state index >= 15 is 0 Å². The standard InChI is InChI=1S/C26H36O8/c1-14(2)23(32-17(5)27)12-24(33-18(6)28)21-13-31-26(34-19(7)29)25-16(4)22(30)11-9-15(3)8-10-20(21)25/h9,13,20,22-26,30H,1,4,8,10-12H2,2-3,5-7H3/b15-9+/t20-,22-,23?,24?,25+,26-/m1/s1. The summed E-state index contributed by atoms with van der Waals surface area (Å²) in [4.78, 5) is 35.5. The van der Waals surface area contributed by atoms with Gasteiger partial charge in [0.05, 0.1) is 18.3 Å². The van der Waals surface area contributed by atoms with E-state index in [9.17, 15) is 19.5 Å². The van der Waals surface area contributed by atoms with Gasteiger partial charge >= 0.3 is 17.9 Å². The van der Waals surface area contributed by atoms with Gasteiger partial charge in [0.1, 0.15) is 12.2 Å². The second kappa shape index (κ2) is 12.0. The quantitative estimate of drug-likeness (QED) is 0.335. The monoisotopic (exact) mass is 476 g/mol. The molecule has 8 nitrogen and oxygen atoms in total. The van der Waals surface area contributed by atoms with Crippen LogP contribution in [0.25, 0.3) is 0 Å². The van der Waals surface area contributed by atoms with Gasteiger partial charge in [-0.1, -0.05) is 24.8 Å². The van der Waals surface area contributed by atoms with E-state index in [1.165, 1.54) is 27.0 Å². The molecule has 2 rings (SSSR count). The normalized spacial score (nSPS) is 28.1. The molecule has 2 aliphatic rings. The van der Waals surface area contributed by atoms with Gasteiger partial charge in [0.15, 0.2) is 0 Å². The molecule has 2 unspecified atom stereocenters. The van der Waals surface area contributed by atoms with Gasteiger partial charge in [-0.05, 0) is 44.3 Å². The lowest BCUT2D eigenvalue weighted by atomic mass is 9.73. The van der Waals surface area contributed by atoms with Crippen LogP contribution < -0.4 is 0 Å². The third-order valence-corrected chi connectivity index (χ3v) is 6.14. The number of rotatable bonds is 7. The topological polar surface area (TPSA) is 108 Å². The predicted molar refractivity (Wildman–Crippen MR) is 125 cm³/mol. The van der Waals surface area contributed by atoms with Crippen molar-refractivity contribution in [2.24, 2.45) is 11.8 Å².